The van der Waals surface area contributed by atoms with Crippen molar-refractivity contribution < 1.29 is 4.79 Å². The average molecular weight is 201 g/mol. The molecule has 1 amide bonds. The molecule has 1 aromatic rings. The van der Waals surface area contributed by atoms with E-state index in [1.165, 1.54) is 24.8 Å². The Labute approximate surface area is 89.9 Å². The highest BCUT2D eigenvalue weighted by molar-refractivity contribution is 5.81. The van der Waals surface area contributed by atoms with Crippen molar-refractivity contribution >= 4 is 12.1 Å². The van der Waals surface area contributed by atoms with Crippen molar-refractivity contribution in [2.75, 3.05) is 4.90 Å². The predicted octanol–water partition coefficient (Wildman–Crippen LogP) is 2.69. The van der Waals surface area contributed by atoms with Crippen LogP contribution in [0.3, 0.4) is 0 Å². The van der Waals surface area contributed by atoms with E-state index < -0.39 is 0 Å². The molecule has 15 heavy (non-hydrogen) atoms. The monoisotopic (exact) mass is 201 g/mol. The van der Waals surface area contributed by atoms with Gasteiger partial charge in [-0.25, -0.2) is 0 Å². The summed E-state index contributed by atoms with van der Waals surface area (Å²) in [4.78, 5) is 13.1. The second-order valence-corrected chi connectivity index (χ2v) is 4.53. The molecule has 1 aromatic carbocycles. The zero-order valence-electron chi connectivity index (χ0n) is 8.73. The molecule has 0 N–H and O–H groups in total. The highest BCUT2D eigenvalue weighted by Crippen LogP contribution is 2.46. The van der Waals surface area contributed by atoms with Gasteiger partial charge in [0.25, 0.3) is 0 Å². The van der Waals surface area contributed by atoms with Gasteiger partial charge in [-0.3, -0.25) is 4.79 Å². The van der Waals surface area contributed by atoms with E-state index in [1.54, 1.807) is 0 Å². The van der Waals surface area contributed by atoms with Crippen molar-refractivity contribution in [3.63, 3.8) is 0 Å². The Morgan fingerprint density at radius 1 is 1.20 bits per heavy atom. The Balaban J connectivity index is 2.08. The lowest BCUT2D eigenvalue weighted by molar-refractivity contribution is -0.107. The number of anilines is 1. The van der Waals surface area contributed by atoms with E-state index in [0.29, 0.717) is 12.0 Å². The molecule has 1 fully saturated rings. The molecule has 1 saturated carbocycles. The number of carbonyl (C=O) groups excluding carboxylic acids is 1. The van der Waals surface area contributed by atoms with Crippen LogP contribution in [0.4, 0.5) is 5.69 Å². The van der Waals surface area contributed by atoms with Crippen molar-refractivity contribution in [1.82, 2.24) is 0 Å². The summed E-state index contributed by atoms with van der Waals surface area (Å²) in [5.74, 6) is 0.597. The first-order valence-electron chi connectivity index (χ1n) is 5.74. The van der Waals surface area contributed by atoms with Crippen LogP contribution in [0.1, 0.15) is 37.2 Å². The molecule has 0 bridgehead atoms. The van der Waals surface area contributed by atoms with Crippen LogP contribution in [-0.4, -0.2) is 12.5 Å². The Hall–Kier alpha value is -1.31. The zero-order chi connectivity index (χ0) is 10.3. The summed E-state index contributed by atoms with van der Waals surface area (Å²) in [6.07, 6.45) is 5.99. The maximum Gasteiger partial charge on any atom is 0.214 e. The maximum atomic E-state index is 11.2. The molecule has 0 saturated heterocycles. The number of fused-ring (bicyclic) bond motifs is 3. The quantitative estimate of drug-likeness (QED) is 0.640. The third-order valence-corrected chi connectivity index (χ3v) is 3.81. The van der Waals surface area contributed by atoms with Crippen LogP contribution >= 0.6 is 0 Å². The lowest BCUT2D eigenvalue weighted by Crippen LogP contribution is -2.34. The smallest absolute Gasteiger partial charge is 0.214 e. The number of hydrogen-bond donors (Lipinski definition) is 0. The minimum Gasteiger partial charge on any atom is -0.311 e. The number of rotatable bonds is 1. The van der Waals surface area contributed by atoms with E-state index in [4.69, 9.17) is 0 Å². The van der Waals surface area contributed by atoms with Gasteiger partial charge in [-0.1, -0.05) is 31.0 Å². The first-order chi connectivity index (χ1) is 7.42. The molecule has 0 aromatic heterocycles. The summed E-state index contributed by atoms with van der Waals surface area (Å²) >= 11 is 0. The number of benzene rings is 1. The van der Waals surface area contributed by atoms with E-state index >= 15 is 0 Å². The SMILES string of the molecule is O=CN1c2ccccc2C2CCCCC21. The van der Waals surface area contributed by atoms with Gasteiger partial charge in [0, 0.05) is 17.6 Å². The van der Waals surface area contributed by atoms with Crippen molar-refractivity contribution in [2.24, 2.45) is 0 Å². The fourth-order valence-corrected chi connectivity index (χ4v) is 3.16. The minimum atomic E-state index is 0.439. The van der Waals surface area contributed by atoms with Gasteiger partial charge in [-0.2, -0.15) is 0 Å². The molecule has 2 atom stereocenters. The molecule has 1 aliphatic carbocycles. The summed E-state index contributed by atoms with van der Waals surface area (Å²) in [6.45, 7) is 0. The van der Waals surface area contributed by atoms with Crippen LogP contribution in [-0.2, 0) is 4.79 Å². The van der Waals surface area contributed by atoms with Gasteiger partial charge in [-0.15, -0.1) is 0 Å². The number of hydrogen-bond acceptors (Lipinski definition) is 1. The molecule has 78 valence electrons. The lowest BCUT2D eigenvalue weighted by Gasteiger charge is -2.29. The normalized spacial score (nSPS) is 28.4. The van der Waals surface area contributed by atoms with E-state index in [2.05, 4.69) is 18.2 Å². The minimum absolute atomic E-state index is 0.439. The molecule has 2 aliphatic rings. The van der Waals surface area contributed by atoms with Crippen LogP contribution in [0.5, 0.6) is 0 Å². The summed E-state index contributed by atoms with van der Waals surface area (Å²) in [5, 5.41) is 0. The van der Waals surface area contributed by atoms with Gasteiger partial charge in [0.05, 0.1) is 0 Å². The lowest BCUT2D eigenvalue weighted by atomic mass is 9.82. The summed E-state index contributed by atoms with van der Waals surface area (Å²) in [6, 6.07) is 8.80. The molecular formula is C13H15NO. The van der Waals surface area contributed by atoms with Gasteiger partial charge in [-0.05, 0) is 24.5 Å². The number of nitrogens with zero attached hydrogens (tertiary/aromatic N) is 1. The molecule has 1 aliphatic heterocycles. The summed E-state index contributed by atoms with van der Waals surface area (Å²) < 4.78 is 0. The Morgan fingerprint density at radius 2 is 2.00 bits per heavy atom. The average Bonchev–Trinajstić information content (AvgIpc) is 2.63. The predicted molar refractivity (Wildman–Crippen MR) is 60.0 cm³/mol. The summed E-state index contributed by atoms with van der Waals surface area (Å²) in [7, 11) is 0. The van der Waals surface area contributed by atoms with Crippen LogP contribution < -0.4 is 4.90 Å². The Bertz CT molecular complexity index is 388. The molecule has 3 rings (SSSR count). The van der Waals surface area contributed by atoms with Crippen LogP contribution in [0.15, 0.2) is 24.3 Å². The van der Waals surface area contributed by atoms with Gasteiger partial charge in [0.15, 0.2) is 0 Å². The second-order valence-electron chi connectivity index (χ2n) is 4.53. The number of carbonyl (C=O) groups is 1. The third kappa shape index (κ3) is 1.21. The van der Waals surface area contributed by atoms with Crippen molar-refractivity contribution in [2.45, 2.75) is 37.6 Å². The third-order valence-electron chi connectivity index (χ3n) is 3.81. The van der Waals surface area contributed by atoms with Gasteiger partial charge >= 0.3 is 0 Å². The van der Waals surface area contributed by atoms with E-state index in [0.717, 1.165) is 18.5 Å². The number of amides is 1. The first-order valence-corrected chi connectivity index (χ1v) is 5.74. The topological polar surface area (TPSA) is 20.3 Å². The Kier molecular flexibility index (Phi) is 2.01. The summed E-state index contributed by atoms with van der Waals surface area (Å²) in [5.41, 5.74) is 2.53. The largest absolute Gasteiger partial charge is 0.311 e. The fourth-order valence-electron chi connectivity index (χ4n) is 3.16. The number of para-hydroxylation sites is 1. The molecule has 0 spiro atoms. The van der Waals surface area contributed by atoms with Crippen LogP contribution in [0.2, 0.25) is 0 Å². The molecule has 2 heteroatoms. The van der Waals surface area contributed by atoms with Crippen molar-refractivity contribution in [1.29, 1.82) is 0 Å². The van der Waals surface area contributed by atoms with Crippen LogP contribution in [0, 0.1) is 0 Å². The van der Waals surface area contributed by atoms with Crippen molar-refractivity contribution in [3.05, 3.63) is 29.8 Å². The molecule has 2 nitrogen and oxygen atoms in total. The van der Waals surface area contributed by atoms with E-state index in [-0.39, 0.29) is 0 Å². The molecule has 2 unspecified atom stereocenters. The first kappa shape index (κ1) is 8.96. The van der Waals surface area contributed by atoms with Crippen LogP contribution in [0.25, 0.3) is 0 Å². The zero-order valence-corrected chi connectivity index (χ0v) is 8.73. The Morgan fingerprint density at radius 3 is 2.87 bits per heavy atom. The van der Waals surface area contributed by atoms with Gasteiger partial charge in [0.2, 0.25) is 6.41 Å². The molecule has 0 radical (unpaired) electrons. The molecular weight excluding hydrogens is 186 g/mol. The van der Waals surface area contributed by atoms with E-state index in [1.807, 2.05) is 11.0 Å². The fraction of sp³-hybridized carbons (Fsp3) is 0.462. The van der Waals surface area contributed by atoms with Gasteiger partial charge in [0.1, 0.15) is 0 Å². The maximum absolute atomic E-state index is 11.2. The van der Waals surface area contributed by atoms with Gasteiger partial charge < -0.3 is 4.90 Å². The van der Waals surface area contributed by atoms with Crippen molar-refractivity contribution in [3.8, 4) is 0 Å². The second kappa shape index (κ2) is 3.37. The van der Waals surface area contributed by atoms with E-state index in [9.17, 15) is 4.79 Å². The standard InChI is InChI=1S/C13H15NO/c15-9-14-12-7-3-1-5-10(12)11-6-2-4-8-13(11)14/h1,3,5,7,9,11,13H,2,4,6,8H2. The highest BCUT2D eigenvalue weighted by atomic mass is 16.1. The molecule has 1 heterocycles. The highest BCUT2D eigenvalue weighted by Gasteiger charge is 2.39.